The van der Waals surface area contributed by atoms with Crippen molar-refractivity contribution in [3.63, 3.8) is 0 Å². The van der Waals surface area contributed by atoms with Gasteiger partial charge in [-0.05, 0) is 49.2 Å². The quantitative estimate of drug-likeness (QED) is 0.728. The van der Waals surface area contributed by atoms with Crippen LogP contribution in [0.4, 0.5) is 5.69 Å². The fraction of sp³-hybridized carbons (Fsp3) is 0.409. The van der Waals surface area contributed by atoms with Gasteiger partial charge in [-0.15, -0.1) is 0 Å². The van der Waals surface area contributed by atoms with Gasteiger partial charge in [-0.1, -0.05) is 12.1 Å². The Labute approximate surface area is 178 Å². The molecule has 2 aromatic carbocycles. The van der Waals surface area contributed by atoms with E-state index in [0.29, 0.717) is 18.7 Å². The topological polar surface area (TPSA) is 70.2 Å². The van der Waals surface area contributed by atoms with Gasteiger partial charge in [0.05, 0.1) is 7.11 Å². The summed E-state index contributed by atoms with van der Waals surface area (Å²) in [5.74, 6) is 0.0495. The molecule has 162 valence electrons. The first kappa shape index (κ1) is 22.1. The van der Waals surface area contributed by atoms with Crippen LogP contribution in [0, 0.1) is 13.8 Å². The van der Waals surface area contributed by atoms with Gasteiger partial charge in [-0.3, -0.25) is 4.79 Å². The Kier molecular flexibility index (Phi) is 6.38. The van der Waals surface area contributed by atoms with Gasteiger partial charge in [0.25, 0.3) is 5.91 Å². The Balaban J connectivity index is 1.79. The maximum Gasteiger partial charge on any atom is 0.254 e. The van der Waals surface area contributed by atoms with Crippen LogP contribution in [0.2, 0.25) is 0 Å². The number of aryl methyl sites for hydroxylation is 1. The Hall–Kier alpha value is -2.58. The highest BCUT2D eigenvalue weighted by Gasteiger charge is 2.27. The Morgan fingerprint density at radius 1 is 1.03 bits per heavy atom. The standard InChI is InChI=1S/C22H29N3O4S/c1-16-7-6-8-19(17(16)2)24-11-13-25(14-12-24)22(26)18-9-10-20(29-5)21(15-18)30(27,28)23(3)4/h6-10,15H,11-14H2,1-5H3. The first-order chi connectivity index (χ1) is 14.2. The molecule has 8 heteroatoms. The average molecular weight is 432 g/mol. The van der Waals surface area contributed by atoms with E-state index in [4.69, 9.17) is 4.74 Å². The molecular weight excluding hydrogens is 402 g/mol. The van der Waals surface area contributed by atoms with Crippen molar-refractivity contribution in [2.24, 2.45) is 0 Å². The van der Waals surface area contributed by atoms with Gasteiger partial charge < -0.3 is 14.5 Å². The summed E-state index contributed by atoms with van der Waals surface area (Å²) in [4.78, 5) is 17.1. The number of ether oxygens (including phenoxy) is 1. The maximum absolute atomic E-state index is 13.1. The molecule has 1 saturated heterocycles. The van der Waals surface area contributed by atoms with Crippen molar-refractivity contribution in [2.45, 2.75) is 18.7 Å². The Bertz CT molecular complexity index is 1040. The fourth-order valence-electron chi connectivity index (χ4n) is 3.62. The van der Waals surface area contributed by atoms with E-state index < -0.39 is 10.0 Å². The zero-order valence-electron chi connectivity index (χ0n) is 18.2. The molecule has 1 heterocycles. The second-order valence-electron chi connectivity index (χ2n) is 7.65. The molecule has 0 aliphatic carbocycles. The molecule has 0 spiro atoms. The number of anilines is 1. The molecule has 30 heavy (non-hydrogen) atoms. The molecule has 7 nitrogen and oxygen atoms in total. The van der Waals surface area contributed by atoms with Crippen LogP contribution in [0.25, 0.3) is 0 Å². The van der Waals surface area contributed by atoms with Crippen molar-refractivity contribution < 1.29 is 17.9 Å². The van der Waals surface area contributed by atoms with Crippen molar-refractivity contribution in [3.05, 3.63) is 53.1 Å². The number of carbonyl (C=O) groups is 1. The van der Waals surface area contributed by atoms with Crippen LogP contribution in [-0.2, 0) is 10.0 Å². The molecule has 2 aromatic rings. The lowest BCUT2D eigenvalue weighted by molar-refractivity contribution is 0.0746. The van der Waals surface area contributed by atoms with Crippen LogP contribution in [0.15, 0.2) is 41.3 Å². The number of hydrogen-bond donors (Lipinski definition) is 0. The summed E-state index contributed by atoms with van der Waals surface area (Å²) in [6.45, 7) is 6.83. The molecule has 3 rings (SSSR count). The lowest BCUT2D eigenvalue weighted by Crippen LogP contribution is -2.49. The lowest BCUT2D eigenvalue weighted by Gasteiger charge is -2.37. The zero-order valence-corrected chi connectivity index (χ0v) is 19.0. The minimum Gasteiger partial charge on any atom is -0.495 e. The van der Waals surface area contributed by atoms with Crippen LogP contribution >= 0.6 is 0 Å². The van der Waals surface area contributed by atoms with Crippen molar-refractivity contribution in [1.29, 1.82) is 0 Å². The lowest BCUT2D eigenvalue weighted by atomic mass is 10.1. The largest absolute Gasteiger partial charge is 0.495 e. The monoisotopic (exact) mass is 431 g/mol. The van der Waals surface area contributed by atoms with Gasteiger partial charge in [0.15, 0.2) is 0 Å². The van der Waals surface area contributed by atoms with Crippen LogP contribution in [0.3, 0.4) is 0 Å². The van der Waals surface area contributed by atoms with Crippen LogP contribution in [0.1, 0.15) is 21.5 Å². The van der Waals surface area contributed by atoms with Crippen molar-refractivity contribution in [3.8, 4) is 5.75 Å². The molecule has 0 saturated carbocycles. The number of methoxy groups -OCH3 is 1. The number of nitrogens with zero attached hydrogens (tertiary/aromatic N) is 3. The third kappa shape index (κ3) is 4.15. The van der Waals surface area contributed by atoms with Gasteiger partial charge in [0, 0.05) is 51.5 Å². The van der Waals surface area contributed by atoms with Gasteiger partial charge in [-0.25, -0.2) is 12.7 Å². The molecule has 0 radical (unpaired) electrons. The Morgan fingerprint density at radius 3 is 2.30 bits per heavy atom. The van der Waals surface area contributed by atoms with Crippen molar-refractivity contribution in [1.82, 2.24) is 9.21 Å². The highest BCUT2D eigenvalue weighted by atomic mass is 32.2. The minimum atomic E-state index is -3.73. The summed E-state index contributed by atoms with van der Waals surface area (Å²) in [7, 11) is 0.592. The molecule has 1 aliphatic rings. The average Bonchev–Trinajstić information content (AvgIpc) is 2.74. The summed E-state index contributed by atoms with van der Waals surface area (Å²) in [6.07, 6.45) is 0. The number of amides is 1. The summed E-state index contributed by atoms with van der Waals surface area (Å²) in [5, 5.41) is 0. The van der Waals surface area contributed by atoms with E-state index in [1.54, 1.807) is 11.0 Å². The first-order valence-electron chi connectivity index (χ1n) is 9.88. The smallest absolute Gasteiger partial charge is 0.254 e. The molecule has 0 unspecified atom stereocenters. The number of benzene rings is 2. The zero-order chi connectivity index (χ0) is 22.1. The number of carbonyl (C=O) groups excluding carboxylic acids is 1. The first-order valence-corrected chi connectivity index (χ1v) is 11.3. The van der Waals surface area contributed by atoms with Crippen LogP contribution in [-0.4, -0.2) is 70.9 Å². The van der Waals surface area contributed by atoms with Crippen molar-refractivity contribution >= 4 is 21.6 Å². The minimum absolute atomic E-state index is 0.00475. The number of rotatable bonds is 5. The van der Waals surface area contributed by atoms with Gasteiger partial charge in [0.2, 0.25) is 10.0 Å². The number of sulfonamides is 1. The maximum atomic E-state index is 13.1. The second kappa shape index (κ2) is 8.65. The fourth-order valence-corrected chi connectivity index (χ4v) is 4.69. The summed E-state index contributed by atoms with van der Waals surface area (Å²) >= 11 is 0. The molecule has 1 amide bonds. The third-order valence-electron chi connectivity index (χ3n) is 5.65. The van der Waals surface area contributed by atoms with Crippen molar-refractivity contribution in [2.75, 3.05) is 52.3 Å². The normalized spacial score (nSPS) is 14.9. The summed E-state index contributed by atoms with van der Waals surface area (Å²) < 4.78 is 31.6. The third-order valence-corrected chi connectivity index (χ3v) is 7.49. The van der Waals surface area contributed by atoms with E-state index in [0.717, 1.165) is 17.4 Å². The summed E-state index contributed by atoms with van der Waals surface area (Å²) in [6, 6.07) is 10.8. The highest BCUT2D eigenvalue weighted by molar-refractivity contribution is 7.89. The second-order valence-corrected chi connectivity index (χ2v) is 9.77. The van der Waals surface area contributed by atoms with Gasteiger partial charge in [-0.2, -0.15) is 0 Å². The molecule has 0 N–H and O–H groups in total. The van der Waals surface area contributed by atoms with E-state index >= 15 is 0 Å². The van der Waals surface area contributed by atoms with Crippen LogP contribution < -0.4 is 9.64 Å². The highest BCUT2D eigenvalue weighted by Crippen LogP contribution is 2.28. The van der Waals surface area contributed by atoms with E-state index in [-0.39, 0.29) is 16.6 Å². The van der Waals surface area contributed by atoms with E-state index in [2.05, 4.69) is 36.9 Å². The Morgan fingerprint density at radius 2 is 1.70 bits per heavy atom. The van der Waals surface area contributed by atoms with Crippen LogP contribution in [0.5, 0.6) is 5.75 Å². The van der Waals surface area contributed by atoms with Gasteiger partial charge >= 0.3 is 0 Å². The van der Waals surface area contributed by atoms with E-state index in [1.807, 2.05) is 0 Å². The molecule has 0 aromatic heterocycles. The molecule has 0 atom stereocenters. The van der Waals surface area contributed by atoms with Gasteiger partial charge in [0.1, 0.15) is 10.6 Å². The molecule has 1 aliphatic heterocycles. The number of piperazine rings is 1. The molecule has 1 fully saturated rings. The molecular formula is C22H29N3O4S. The predicted octanol–water partition coefficient (Wildman–Crippen LogP) is 2.52. The van der Waals surface area contributed by atoms with E-state index in [1.165, 1.54) is 50.2 Å². The molecule has 0 bridgehead atoms. The predicted molar refractivity (Wildman–Crippen MR) is 118 cm³/mol. The number of hydrogen-bond acceptors (Lipinski definition) is 5. The summed E-state index contributed by atoms with van der Waals surface area (Å²) in [5.41, 5.74) is 4.05. The SMILES string of the molecule is COc1ccc(C(=O)N2CCN(c3cccc(C)c3C)CC2)cc1S(=O)(=O)N(C)C. The van der Waals surface area contributed by atoms with E-state index in [9.17, 15) is 13.2 Å².